The summed E-state index contributed by atoms with van der Waals surface area (Å²) in [5, 5.41) is 1.76. The van der Waals surface area contributed by atoms with E-state index in [-0.39, 0.29) is 6.04 Å². The Labute approximate surface area is 70.7 Å². The van der Waals surface area contributed by atoms with Gasteiger partial charge in [-0.2, -0.15) is 9.54 Å². The van der Waals surface area contributed by atoms with Crippen molar-refractivity contribution in [1.29, 1.82) is 0 Å². The molecule has 64 valence electrons. The lowest BCUT2D eigenvalue weighted by atomic mass is 10.3. The molecule has 1 heterocycles. The average molecular weight is 179 g/mol. The van der Waals surface area contributed by atoms with E-state index in [9.17, 15) is 4.79 Å². The van der Waals surface area contributed by atoms with Gasteiger partial charge in [0.25, 0.3) is 0 Å². The van der Waals surface area contributed by atoms with Crippen LogP contribution in [0, 0.1) is 0 Å². The Bertz CT molecular complexity index is 145. The number of carbonyl (C=O) groups excluding carboxylic acids is 1. The van der Waals surface area contributed by atoms with Gasteiger partial charge in [-0.05, 0) is 6.92 Å². The molecule has 1 fully saturated rings. The Balaban J connectivity index is 2.46. The van der Waals surface area contributed by atoms with E-state index in [0.717, 1.165) is 4.53 Å². The molecule has 0 aromatic heterocycles. The maximum atomic E-state index is 10.3. The van der Waals surface area contributed by atoms with Gasteiger partial charge in [-0.3, -0.25) is 4.79 Å². The topological polar surface area (TPSA) is 32.8 Å². The summed E-state index contributed by atoms with van der Waals surface area (Å²) in [5.74, 6) is 0. The van der Waals surface area contributed by atoms with Crippen LogP contribution in [0.1, 0.15) is 6.92 Å². The molecule has 0 spiro atoms. The Morgan fingerprint density at radius 3 is 3.09 bits per heavy atom. The standard InChI is InChI=1S/C6H11ClN2O2/c1-6-4-11-3-2-8(6)9(7)5-10/h5-6H,2-4H2,1H3/t6-/m0/s1. The summed E-state index contributed by atoms with van der Waals surface area (Å²) < 4.78 is 6.21. The Morgan fingerprint density at radius 2 is 2.55 bits per heavy atom. The molecular formula is C6H11ClN2O2. The number of morpholine rings is 1. The molecule has 0 bridgehead atoms. The van der Waals surface area contributed by atoms with Gasteiger partial charge in [-0.1, -0.05) is 0 Å². The van der Waals surface area contributed by atoms with Crippen LogP contribution < -0.4 is 0 Å². The van der Waals surface area contributed by atoms with Gasteiger partial charge in [0.1, 0.15) is 0 Å². The van der Waals surface area contributed by atoms with E-state index in [4.69, 9.17) is 16.5 Å². The first-order valence-corrected chi connectivity index (χ1v) is 3.84. The van der Waals surface area contributed by atoms with Gasteiger partial charge in [0.05, 0.1) is 19.3 Å². The molecule has 5 heteroatoms. The van der Waals surface area contributed by atoms with Gasteiger partial charge in [0.15, 0.2) is 0 Å². The third-order valence-electron chi connectivity index (χ3n) is 1.66. The SMILES string of the molecule is C[C@H]1COCCN1N(Cl)C=O. The highest BCUT2D eigenvalue weighted by molar-refractivity contribution is 6.17. The number of nitrogens with zero attached hydrogens (tertiary/aromatic N) is 2. The van der Waals surface area contributed by atoms with Crippen LogP contribution in [0.4, 0.5) is 0 Å². The van der Waals surface area contributed by atoms with E-state index >= 15 is 0 Å². The second-order valence-electron chi connectivity index (χ2n) is 2.48. The predicted octanol–water partition coefficient (Wildman–Crippen LogP) is 0.234. The number of carbonyl (C=O) groups is 1. The Hall–Kier alpha value is -0.320. The van der Waals surface area contributed by atoms with Gasteiger partial charge in [0, 0.05) is 18.3 Å². The van der Waals surface area contributed by atoms with E-state index in [1.54, 1.807) is 5.01 Å². The zero-order chi connectivity index (χ0) is 8.27. The molecule has 0 aromatic carbocycles. The summed E-state index contributed by atoms with van der Waals surface area (Å²) in [6, 6.07) is 0.173. The highest BCUT2D eigenvalue weighted by Crippen LogP contribution is 2.09. The van der Waals surface area contributed by atoms with Crippen molar-refractivity contribution in [2.45, 2.75) is 13.0 Å². The minimum Gasteiger partial charge on any atom is -0.378 e. The van der Waals surface area contributed by atoms with Crippen molar-refractivity contribution in [3.63, 3.8) is 0 Å². The van der Waals surface area contributed by atoms with Crippen molar-refractivity contribution in [1.82, 2.24) is 9.54 Å². The molecule has 0 unspecified atom stereocenters. The van der Waals surface area contributed by atoms with Crippen LogP contribution in [0.15, 0.2) is 0 Å². The van der Waals surface area contributed by atoms with Crippen LogP contribution in [-0.4, -0.2) is 41.7 Å². The minimum absolute atomic E-state index is 0.173. The van der Waals surface area contributed by atoms with Crippen LogP contribution in [0.3, 0.4) is 0 Å². The monoisotopic (exact) mass is 178 g/mol. The number of halogens is 1. The van der Waals surface area contributed by atoms with Crippen molar-refractivity contribution in [3.05, 3.63) is 0 Å². The molecule has 0 aromatic rings. The first-order valence-electron chi connectivity index (χ1n) is 3.50. The summed E-state index contributed by atoms with van der Waals surface area (Å²) in [6.07, 6.45) is 0.587. The van der Waals surface area contributed by atoms with Crippen LogP contribution in [0.25, 0.3) is 0 Å². The lowest BCUT2D eigenvalue weighted by molar-refractivity contribution is -0.134. The van der Waals surface area contributed by atoms with Crippen molar-refractivity contribution < 1.29 is 9.53 Å². The van der Waals surface area contributed by atoms with E-state index < -0.39 is 0 Å². The molecule has 1 rings (SSSR count). The molecule has 11 heavy (non-hydrogen) atoms. The molecule has 1 atom stereocenters. The summed E-state index contributed by atoms with van der Waals surface area (Å²) in [5.41, 5.74) is 0. The van der Waals surface area contributed by atoms with Crippen LogP contribution in [0.2, 0.25) is 0 Å². The lowest BCUT2D eigenvalue weighted by Gasteiger charge is -2.35. The number of ether oxygens (including phenoxy) is 1. The van der Waals surface area contributed by atoms with Crippen molar-refractivity contribution in [2.24, 2.45) is 0 Å². The summed E-state index contributed by atoms with van der Waals surface area (Å²) in [7, 11) is 0. The molecule has 0 N–H and O–H groups in total. The minimum atomic E-state index is 0.173. The van der Waals surface area contributed by atoms with E-state index in [1.807, 2.05) is 6.92 Å². The highest BCUT2D eigenvalue weighted by atomic mass is 35.5. The largest absolute Gasteiger partial charge is 0.378 e. The fourth-order valence-electron chi connectivity index (χ4n) is 1.06. The first-order chi connectivity index (χ1) is 5.25. The number of hydrazine groups is 1. The second kappa shape index (κ2) is 3.90. The summed E-state index contributed by atoms with van der Waals surface area (Å²) in [4.78, 5) is 10.3. The maximum Gasteiger partial charge on any atom is 0.239 e. The molecule has 1 aliphatic rings. The lowest BCUT2D eigenvalue weighted by Crippen LogP contribution is -2.49. The zero-order valence-corrected chi connectivity index (χ0v) is 7.12. The van der Waals surface area contributed by atoms with Gasteiger partial charge < -0.3 is 4.74 Å². The molecule has 1 amide bonds. The Morgan fingerprint density at radius 1 is 1.82 bits per heavy atom. The van der Waals surface area contributed by atoms with E-state index in [1.165, 1.54) is 0 Å². The van der Waals surface area contributed by atoms with Crippen molar-refractivity contribution in [2.75, 3.05) is 19.8 Å². The predicted molar refractivity (Wildman–Crippen MR) is 40.7 cm³/mol. The van der Waals surface area contributed by atoms with E-state index in [0.29, 0.717) is 26.2 Å². The number of hydrogen-bond acceptors (Lipinski definition) is 3. The Kier molecular flexibility index (Phi) is 3.11. The van der Waals surface area contributed by atoms with Gasteiger partial charge in [0.2, 0.25) is 6.41 Å². The molecule has 0 saturated carbocycles. The number of hydrogen-bond donors (Lipinski definition) is 0. The highest BCUT2D eigenvalue weighted by Gasteiger charge is 2.22. The zero-order valence-electron chi connectivity index (χ0n) is 6.36. The average Bonchev–Trinajstić information content (AvgIpc) is 2.04. The fraction of sp³-hybridized carbons (Fsp3) is 0.833. The normalized spacial score (nSPS) is 26.5. The quantitative estimate of drug-likeness (QED) is 0.449. The summed E-state index contributed by atoms with van der Waals surface area (Å²) in [6.45, 7) is 3.87. The fourth-order valence-corrected chi connectivity index (χ4v) is 1.29. The van der Waals surface area contributed by atoms with Crippen LogP contribution in [-0.2, 0) is 9.53 Å². The molecule has 0 radical (unpaired) electrons. The van der Waals surface area contributed by atoms with Crippen molar-refractivity contribution >= 4 is 18.2 Å². The van der Waals surface area contributed by atoms with Gasteiger partial charge in [-0.15, -0.1) is 0 Å². The summed E-state index contributed by atoms with van der Waals surface area (Å²) >= 11 is 5.57. The molecule has 1 saturated heterocycles. The smallest absolute Gasteiger partial charge is 0.239 e. The van der Waals surface area contributed by atoms with Crippen LogP contribution >= 0.6 is 11.8 Å². The van der Waals surface area contributed by atoms with Gasteiger partial charge in [-0.25, -0.2) is 0 Å². The molecular weight excluding hydrogens is 168 g/mol. The second-order valence-corrected chi connectivity index (χ2v) is 2.83. The first kappa shape index (κ1) is 8.77. The third-order valence-corrected chi connectivity index (χ3v) is 1.94. The maximum absolute atomic E-state index is 10.3. The molecule has 1 aliphatic heterocycles. The van der Waals surface area contributed by atoms with Gasteiger partial charge >= 0.3 is 0 Å². The van der Waals surface area contributed by atoms with E-state index in [2.05, 4.69) is 0 Å². The molecule has 0 aliphatic carbocycles. The molecule has 4 nitrogen and oxygen atoms in total. The van der Waals surface area contributed by atoms with Crippen LogP contribution in [0.5, 0.6) is 0 Å². The number of rotatable bonds is 2. The van der Waals surface area contributed by atoms with Crippen molar-refractivity contribution in [3.8, 4) is 0 Å². The number of amides is 1. The third kappa shape index (κ3) is 2.05.